The van der Waals surface area contributed by atoms with Gasteiger partial charge in [0.15, 0.2) is 0 Å². The lowest BCUT2D eigenvalue weighted by Gasteiger charge is -2.38. The van der Waals surface area contributed by atoms with Gasteiger partial charge in [0.05, 0.1) is 6.20 Å². The zero-order valence-corrected chi connectivity index (χ0v) is 12.2. The van der Waals surface area contributed by atoms with Crippen molar-refractivity contribution in [1.29, 1.82) is 0 Å². The molecule has 2 aliphatic carbocycles. The summed E-state index contributed by atoms with van der Waals surface area (Å²) in [6.07, 6.45) is 5.95. The van der Waals surface area contributed by atoms with Gasteiger partial charge in [0, 0.05) is 11.6 Å². The van der Waals surface area contributed by atoms with Crippen LogP contribution < -0.4 is 0 Å². The van der Waals surface area contributed by atoms with Crippen LogP contribution in [0.4, 0.5) is 0 Å². The van der Waals surface area contributed by atoms with E-state index < -0.39 is 5.97 Å². The maximum Gasteiger partial charge on any atom is 0.342 e. The normalized spacial score (nSPS) is 34.1. The highest BCUT2D eigenvalue weighted by Gasteiger charge is 2.62. The van der Waals surface area contributed by atoms with Gasteiger partial charge >= 0.3 is 5.97 Å². The third-order valence-corrected chi connectivity index (χ3v) is 5.98. The molecule has 0 spiro atoms. The molecule has 1 heterocycles. The van der Waals surface area contributed by atoms with Crippen LogP contribution in [-0.2, 0) is 4.74 Å². The topological polar surface area (TPSA) is 59.4 Å². The number of hydrogen-bond donors (Lipinski definition) is 1. The van der Waals surface area contributed by atoms with Crippen molar-refractivity contribution < 1.29 is 14.6 Å². The fourth-order valence-corrected chi connectivity index (χ4v) is 4.06. The van der Waals surface area contributed by atoms with Gasteiger partial charge in [-0.25, -0.2) is 4.79 Å². The van der Waals surface area contributed by atoms with Crippen molar-refractivity contribution in [2.45, 2.75) is 46.1 Å². The van der Waals surface area contributed by atoms with Crippen molar-refractivity contribution in [3.05, 3.63) is 24.0 Å². The van der Waals surface area contributed by atoms with E-state index in [2.05, 4.69) is 25.8 Å². The van der Waals surface area contributed by atoms with Crippen LogP contribution in [0, 0.1) is 16.7 Å². The zero-order chi connectivity index (χ0) is 14.5. The first-order valence-electron chi connectivity index (χ1n) is 7.20. The minimum atomic E-state index is -0.445. The van der Waals surface area contributed by atoms with E-state index in [-0.39, 0.29) is 28.2 Å². The van der Waals surface area contributed by atoms with Gasteiger partial charge in [0.25, 0.3) is 0 Å². The smallest absolute Gasteiger partial charge is 0.342 e. The summed E-state index contributed by atoms with van der Waals surface area (Å²) in [6, 6.07) is 1.50. The summed E-state index contributed by atoms with van der Waals surface area (Å²) in [7, 11) is 0. The molecule has 1 aromatic rings. The third kappa shape index (κ3) is 1.67. The second-order valence-electron chi connectivity index (χ2n) is 6.90. The van der Waals surface area contributed by atoms with Crippen LogP contribution in [0.15, 0.2) is 18.5 Å². The summed E-state index contributed by atoms with van der Waals surface area (Å²) >= 11 is 0. The maximum absolute atomic E-state index is 12.2. The highest BCUT2D eigenvalue weighted by molar-refractivity contribution is 5.92. The Labute approximate surface area is 119 Å². The van der Waals surface area contributed by atoms with Gasteiger partial charge in [-0.1, -0.05) is 20.8 Å². The largest absolute Gasteiger partial charge is 0.505 e. The fourth-order valence-electron chi connectivity index (χ4n) is 4.06. The Kier molecular flexibility index (Phi) is 2.82. The summed E-state index contributed by atoms with van der Waals surface area (Å²) < 4.78 is 5.72. The molecule has 2 fully saturated rings. The Morgan fingerprint density at radius 3 is 2.75 bits per heavy atom. The number of nitrogens with zero attached hydrogens (tertiary/aromatic N) is 1. The number of carbonyl (C=O) groups excluding carboxylic acids is 1. The Bertz CT molecular complexity index is 554. The van der Waals surface area contributed by atoms with Gasteiger partial charge in [-0.2, -0.15) is 0 Å². The number of carbonyl (C=O) groups is 1. The molecule has 108 valence electrons. The molecule has 1 aromatic heterocycles. The first kappa shape index (κ1) is 13.4. The fraction of sp³-hybridized carbons (Fsp3) is 0.625. The van der Waals surface area contributed by atoms with E-state index in [4.69, 9.17) is 4.74 Å². The van der Waals surface area contributed by atoms with Gasteiger partial charge in [0.2, 0.25) is 0 Å². The third-order valence-electron chi connectivity index (χ3n) is 5.98. The minimum Gasteiger partial charge on any atom is -0.505 e. The molecule has 4 heteroatoms. The van der Waals surface area contributed by atoms with Gasteiger partial charge < -0.3 is 9.84 Å². The number of aromatic nitrogens is 1. The molecule has 2 aliphatic rings. The standard InChI is InChI=1S/C16H21NO3/c1-15(2)10-4-6-16(15,3)13(8-10)20-14(19)11-5-7-17-9-12(11)18/h5,7,9-10,13,18H,4,6,8H2,1-3H3. The predicted octanol–water partition coefficient (Wildman–Crippen LogP) is 3.16. The summed E-state index contributed by atoms with van der Waals surface area (Å²) in [5.41, 5.74) is 0.443. The lowest BCUT2D eigenvalue weighted by Crippen LogP contribution is -2.38. The lowest BCUT2D eigenvalue weighted by atomic mass is 9.70. The monoisotopic (exact) mass is 275 g/mol. The zero-order valence-electron chi connectivity index (χ0n) is 12.2. The number of rotatable bonds is 2. The van der Waals surface area contributed by atoms with Crippen LogP contribution in [0.2, 0.25) is 0 Å². The van der Waals surface area contributed by atoms with E-state index in [1.165, 1.54) is 24.9 Å². The number of fused-ring (bicyclic) bond motifs is 2. The van der Waals surface area contributed by atoms with Crippen LogP contribution in [0.3, 0.4) is 0 Å². The van der Waals surface area contributed by atoms with Crippen molar-refractivity contribution in [2.24, 2.45) is 16.7 Å². The first-order valence-corrected chi connectivity index (χ1v) is 7.20. The van der Waals surface area contributed by atoms with E-state index in [0.29, 0.717) is 5.92 Å². The van der Waals surface area contributed by atoms with Crippen LogP contribution in [0.25, 0.3) is 0 Å². The average Bonchev–Trinajstić information content (AvgIpc) is 2.72. The van der Waals surface area contributed by atoms with Crippen molar-refractivity contribution in [2.75, 3.05) is 0 Å². The molecule has 1 N–H and O–H groups in total. The molecular weight excluding hydrogens is 254 g/mol. The van der Waals surface area contributed by atoms with E-state index in [9.17, 15) is 9.90 Å². The van der Waals surface area contributed by atoms with Gasteiger partial charge in [0.1, 0.15) is 17.4 Å². The quantitative estimate of drug-likeness (QED) is 0.842. The van der Waals surface area contributed by atoms with E-state index in [0.717, 1.165) is 12.8 Å². The minimum absolute atomic E-state index is 0.0377. The molecule has 3 atom stereocenters. The molecule has 0 saturated heterocycles. The van der Waals surface area contributed by atoms with Crippen LogP contribution in [0.1, 0.15) is 50.4 Å². The number of ether oxygens (including phenoxy) is 1. The molecular formula is C16H21NO3. The van der Waals surface area contributed by atoms with Crippen LogP contribution >= 0.6 is 0 Å². The Morgan fingerprint density at radius 1 is 1.45 bits per heavy atom. The number of hydrogen-bond acceptors (Lipinski definition) is 4. The number of esters is 1. The second kappa shape index (κ2) is 4.21. The molecule has 3 unspecified atom stereocenters. The lowest BCUT2D eigenvalue weighted by molar-refractivity contribution is -0.0244. The van der Waals surface area contributed by atoms with Gasteiger partial charge in [-0.05, 0) is 36.7 Å². The van der Waals surface area contributed by atoms with Crippen LogP contribution in [-0.4, -0.2) is 22.2 Å². The molecule has 20 heavy (non-hydrogen) atoms. The van der Waals surface area contributed by atoms with Crippen molar-refractivity contribution in [3.63, 3.8) is 0 Å². The van der Waals surface area contributed by atoms with E-state index >= 15 is 0 Å². The second-order valence-corrected chi connectivity index (χ2v) is 6.90. The van der Waals surface area contributed by atoms with Crippen LogP contribution in [0.5, 0.6) is 5.75 Å². The summed E-state index contributed by atoms with van der Waals surface area (Å²) in [4.78, 5) is 16.0. The molecule has 0 aliphatic heterocycles. The Hall–Kier alpha value is -1.58. The van der Waals surface area contributed by atoms with Crippen molar-refractivity contribution >= 4 is 5.97 Å². The average molecular weight is 275 g/mol. The number of pyridine rings is 1. The van der Waals surface area contributed by atoms with E-state index in [1.807, 2.05) is 0 Å². The number of aromatic hydroxyl groups is 1. The highest BCUT2D eigenvalue weighted by atomic mass is 16.5. The maximum atomic E-state index is 12.2. The molecule has 3 rings (SSSR count). The SMILES string of the molecule is CC1(C)C2CCC1(C)C(OC(=O)c1ccncc1O)C2. The predicted molar refractivity (Wildman–Crippen MR) is 74.3 cm³/mol. The van der Waals surface area contributed by atoms with Gasteiger partial charge in [-0.15, -0.1) is 0 Å². The first-order chi connectivity index (χ1) is 9.36. The molecule has 2 bridgehead atoms. The summed E-state index contributed by atoms with van der Waals surface area (Å²) in [5.74, 6) is 0.0564. The molecule has 0 aromatic carbocycles. The summed E-state index contributed by atoms with van der Waals surface area (Å²) in [5, 5.41) is 9.69. The molecule has 0 amide bonds. The molecule has 0 radical (unpaired) electrons. The summed E-state index contributed by atoms with van der Waals surface area (Å²) in [6.45, 7) is 6.79. The Morgan fingerprint density at radius 2 is 2.20 bits per heavy atom. The molecule has 4 nitrogen and oxygen atoms in total. The van der Waals surface area contributed by atoms with Crippen molar-refractivity contribution in [3.8, 4) is 5.75 Å². The molecule has 2 saturated carbocycles. The van der Waals surface area contributed by atoms with E-state index in [1.54, 1.807) is 0 Å². The van der Waals surface area contributed by atoms with Gasteiger partial charge in [-0.3, -0.25) is 4.98 Å². The Balaban J connectivity index is 1.81. The highest BCUT2D eigenvalue weighted by Crippen LogP contribution is 2.66. The van der Waals surface area contributed by atoms with Crippen molar-refractivity contribution in [1.82, 2.24) is 4.98 Å².